The molecule has 0 bridgehead atoms. The molecule has 4 heterocycles. The second-order valence-corrected chi connectivity index (χ2v) is 12.9. The molecule has 1 aromatic heterocycles. The topological polar surface area (TPSA) is 84.3 Å². The molecule has 5 atom stereocenters. The van der Waals surface area contributed by atoms with Crippen LogP contribution < -0.4 is 14.2 Å². The number of hydrogen-bond acceptors (Lipinski definition) is 8. The van der Waals surface area contributed by atoms with Gasteiger partial charge in [0.2, 0.25) is 0 Å². The number of nitrogens with zero attached hydrogens (tertiary/aromatic N) is 3. The summed E-state index contributed by atoms with van der Waals surface area (Å²) in [7, 11) is 2.96. The Balaban J connectivity index is 1.02. The lowest BCUT2D eigenvalue weighted by Crippen LogP contribution is -2.33. The van der Waals surface area contributed by atoms with Gasteiger partial charge in [0.1, 0.15) is 22.9 Å². The van der Waals surface area contributed by atoms with Crippen molar-refractivity contribution in [2.24, 2.45) is 11.8 Å². The number of imidazole rings is 1. The van der Waals surface area contributed by atoms with Crippen molar-refractivity contribution in [3.63, 3.8) is 0 Å². The van der Waals surface area contributed by atoms with Crippen LogP contribution in [0.2, 0.25) is 5.02 Å². The third-order valence-corrected chi connectivity index (χ3v) is 9.98. The van der Waals surface area contributed by atoms with Gasteiger partial charge >= 0.3 is 5.97 Å². The molecule has 2 unspecified atom stereocenters. The summed E-state index contributed by atoms with van der Waals surface area (Å²) in [6, 6.07) is 14.0. The van der Waals surface area contributed by atoms with Crippen LogP contribution in [0.4, 0.5) is 4.39 Å². The molecule has 0 N–H and O–H groups in total. The summed E-state index contributed by atoms with van der Waals surface area (Å²) in [4.78, 5) is 19.9. The number of fused-ring (bicyclic) bond motifs is 3. The number of benzene rings is 3. The van der Waals surface area contributed by atoms with Gasteiger partial charge in [0.15, 0.2) is 11.5 Å². The molecule has 2 saturated heterocycles. The van der Waals surface area contributed by atoms with E-state index in [1.54, 1.807) is 32.2 Å². The maximum atomic E-state index is 14.9. The van der Waals surface area contributed by atoms with Crippen LogP contribution in [0.5, 0.6) is 17.2 Å². The van der Waals surface area contributed by atoms with Crippen LogP contribution in [0.3, 0.4) is 0 Å². The first-order chi connectivity index (χ1) is 21.8. The molecule has 1 aliphatic carbocycles. The first-order valence-corrected chi connectivity index (χ1v) is 15.6. The number of rotatable bonds is 8. The van der Waals surface area contributed by atoms with Gasteiger partial charge in [-0.1, -0.05) is 23.7 Å². The Bertz CT molecular complexity index is 1830. The zero-order valence-corrected chi connectivity index (χ0v) is 26.0. The lowest BCUT2D eigenvalue weighted by molar-refractivity contribution is -0.0710. The number of hydrogen-bond donors (Lipinski definition) is 0. The fourth-order valence-electron chi connectivity index (χ4n) is 7.37. The Labute approximate surface area is 264 Å². The summed E-state index contributed by atoms with van der Waals surface area (Å²) < 4.78 is 46.0. The second-order valence-electron chi connectivity index (χ2n) is 12.5. The number of carbonyl (C=O) groups excluding carboxylic acids is 1. The SMILES string of the molecule is COC(=O)c1cc(OC)c2nc(CN3C[C@@H]4C(c5cccc6c5OC(C)(c5ccc(Cl)cc5F)O6)[C@@H]4C3)n(C[C@@H]3CCO3)c2c1. The van der Waals surface area contributed by atoms with E-state index in [9.17, 15) is 9.18 Å². The zero-order chi connectivity index (χ0) is 31.0. The van der Waals surface area contributed by atoms with Crippen molar-refractivity contribution in [1.82, 2.24) is 14.5 Å². The number of ether oxygens (including phenoxy) is 5. The third-order valence-electron chi connectivity index (χ3n) is 9.74. The van der Waals surface area contributed by atoms with Gasteiger partial charge in [-0.05, 0) is 60.6 Å². The molecular weight excluding hydrogens is 601 g/mol. The van der Waals surface area contributed by atoms with Crippen molar-refractivity contribution in [1.29, 1.82) is 0 Å². The Morgan fingerprint density at radius 3 is 2.62 bits per heavy atom. The van der Waals surface area contributed by atoms with Gasteiger partial charge in [-0.25, -0.2) is 14.2 Å². The fourth-order valence-corrected chi connectivity index (χ4v) is 7.53. The van der Waals surface area contributed by atoms with Crippen molar-refractivity contribution in [2.75, 3.05) is 33.9 Å². The number of aromatic nitrogens is 2. The van der Waals surface area contributed by atoms with E-state index in [1.165, 1.54) is 13.2 Å². The van der Waals surface area contributed by atoms with Gasteiger partial charge in [0.05, 0.1) is 50.1 Å². The average Bonchev–Trinajstić information content (AvgIpc) is 3.29. The summed E-state index contributed by atoms with van der Waals surface area (Å²) in [6.07, 6.45) is 1.10. The van der Waals surface area contributed by atoms with Crippen molar-refractivity contribution < 1.29 is 32.9 Å². The van der Waals surface area contributed by atoms with Crippen molar-refractivity contribution in [2.45, 2.75) is 44.2 Å². The van der Waals surface area contributed by atoms with E-state index in [2.05, 4.69) is 15.5 Å². The third kappa shape index (κ3) is 4.73. The van der Waals surface area contributed by atoms with Gasteiger partial charge < -0.3 is 28.3 Å². The van der Waals surface area contributed by atoms with E-state index >= 15 is 0 Å². The minimum Gasteiger partial charge on any atom is -0.494 e. The highest BCUT2D eigenvalue weighted by atomic mass is 35.5. The first kappa shape index (κ1) is 28.6. The Kier molecular flexibility index (Phi) is 6.74. The Morgan fingerprint density at radius 1 is 1.13 bits per heavy atom. The standard InChI is InChI=1S/C34H33ClFN3O6/c1-34(24-8-7-19(35)13-25(24)36)44-27-6-4-5-21(32(27)45-34)30-22-15-38(16-23(22)30)17-29-37-31-26(39(29)14-20-9-10-43-20)11-18(33(40)42-3)12-28(31)41-2/h4-8,11-13,20,22-23,30H,9-10,14-17H2,1-3H3/t20-,22-,23+,30?,34?/m0/s1. The van der Waals surface area contributed by atoms with Gasteiger partial charge in [0.25, 0.3) is 5.79 Å². The van der Waals surface area contributed by atoms with E-state index in [1.807, 2.05) is 18.2 Å². The van der Waals surface area contributed by atoms with E-state index in [0.29, 0.717) is 64.2 Å². The molecule has 0 amide bonds. The van der Waals surface area contributed by atoms with Crippen LogP contribution in [0.15, 0.2) is 48.5 Å². The summed E-state index contributed by atoms with van der Waals surface area (Å²) in [5.41, 5.74) is 3.39. The zero-order valence-electron chi connectivity index (χ0n) is 25.2. The molecule has 8 rings (SSSR count). The molecule has 0 radical (unpaired) electrons. The van der Waals surface area contributed by atoms with Crippen molar-refractivity contribution in [3.05, 3.63) is 81.9 Å². The van der Waals surface area contributed by atoms with E-state index < -0.39 is 17.6 Å². The molecule has 4 aromatic rings. The van der Waals surface area contributed by atoms with Crippen molar-refractivity contribution >= 4 is 28.6 Å². The van der Waals surface area contributed by atoms with E-state index in [-0.39, 0.29) is 6.10 Å². The van der Waals surface area contributed by atoms with Crippen LogP contribution in [0.25, 0.3) is 11.0 Å². The molecule has 1 saturated carbocycles. The Morgan fingerprint density at radius 2 is 1.93 bits per heavy atom. The predicted molar refractivity (Wildman–Crippen MR) is 163 cm³/mol. The molecule has 3 aliphatic heterocycles. The smallest absolute Gasteiger partial charge is 0.338 e. The highest BCUT2D eigenvalue weighted by molar-refractivity contribution is 6.30. The summed E-state index contributed by atoms with van der Waals surface area (Å²) in [6.45, 7) is 5.64. The molecule has 234 valence electrons. The second kappa shape index (κ2) is 10.6. The highest BCUT2D eigenvalue weighted by Gasteiger charge is 2.58. The molecule has 9 nitrogen and oxygen atoms in total. The maximum absolute atomic E-state index is 14.9. The normalized spacial score (nSPS) is 26.5. The molecule has 3 aromatic carbocycles. The Hall–Kier alpha value is -3.86. The fraction of sp³-hybridized carbons (Fsp3) is 0.412. The maximum Gasteiger partial charge on any atom is 0.338 e. The first-order valence-electron chi connectivity index (χ1n) is 15.2. The predicted octanol–water partition coefficient (Wildman–Crippen LogP) is 5.90. The van der Waals surface area contributed by atoms with Gasteiger partial charge in [-0.2, -0.15) is 0 Å². The quantitative estimate of drug-likeness (QED) is 0.222. The van der Waals surface area contributed by atoms with E-state index in [4.69, 9.17) is 40.3 Å². The van der Waals surface area contributed by atoms with Crippen LogP contribution in [-0.4, -0.2) is 60.4 Å². The van der Waals surface area contributed by atoms with Crippen LogP contribution in [-0.2, 0) is 28.4 Å². The molecule has 3 fully saturated rings. The van der Waals surface area contributed by atoms with Gasteiger partial charge in [-0.15, -0.1) is 0 Å². The largest absolute Gasteiger partial charge is 0.494 e. The minimum atomic E-state index is -1.28. The monoisotopic (exact) mass is 633 g/mol. The number of halogens is 2. The number of piperidine rings is 1. The van der Waals surface area contributed by atoms with Crippen LogP contribution in [0, 0.1) is 17.7 Å². The van der Waals surface area contributed by atoms with Crippen molar-refractivity contribution in [3.8, 4) is 17.2 Å². The van der Waals surface area contributed by atoms with Crippen LogP contribution in [0.1, 0.15) is 46.6 Å². The highest BCUT2D eigenvalue weighted by Crippen LogP contribution is 2.62. The van der Waals surface area contributed by atoms with Crippen LogP contribution >= 0.6 is 11.6 Å². The molecule has 45 heavy (non-hydrogen) atoms. The minimum absolute atomic E-state index is 0.111. The number of para-hydroxylation sites is 1. The number of esters is 1. The summed E-state index contributed by atoms with van der Waals surface area (Å²) in [5, 5.41) is 0.323. The molecule has 11 heteroatoms. The summed E-state index contributed by atoms with van der Waals surface area (Å²) >= 11 is 5.99. The molecule has 4 aliphatic rings. The molecular formula is C34H33ClFN3O6. The average molecular weight is 634 g/mol. The number of carbonyl (C=O) groups is 1. The lowest BCUT2D eigenvalue weighted by atomic mass is 10.0. The number of likely N-dealkylation sites (tertiary alicyclic amines) is 1. The molecule has 0 spiro atoms. The summed E-state index contributed by atoms with van der Waals surface area (Å²) in [5.74, 6) is 1.87. The van der Waals surface area contributed by atoms with Gasteiger partial charge in [0, 0.05) is 37.2 Å². The van der Waals surface area contributed by atoms with Gasteiger partial charge in [-0.3, -0.25) is 4.90 Å². The van der Waals surface area contributed by atoms with E-state index in [0.717, 1.165) is 48.5 Å². The lowest BCUT2D eigenvalue weighted by Gasteiger charge is -2.28. The number of methoxy groups -OCH3 is 2.